The Bertz CT molecular complexity index is 1390. The molecule has 0 saturated carbocycles. The fourth-order valence-electron chi connectivity index (χ4n) is 3.21. The number of carboxylic acids is 1. The Balaban J connectivity index is 0.000000479. The van der Waals surface area contributed by atoms with E-state index in [1.807, 2.05) is 5.32 Å². The predicted molar refractivity (Wildman–Crippen MR) is 110 cm³/mol. The van der Waals surface area contributed by atoms with Gasteiger partial charge < -0.3 is 15.2 Å². The number of hydrogen-bond donors (Lipinski definition) is 2. The number of nitrogens with one attached hydrogen (secondary N) is 3. The van der Waals surface area contributed by atoms with Gasteiger partial charge in [-0.3, -0.25) is 4.79 Å². The number of fused-ring (bicyclic) bond motifs is 1. The monoisotopic (exact) mass is 529 g/mol. The summed E-state index contributed by atoms with van der Waals surface area (Å²) < 4.78 is 87.1. The van der Waals surface area contributed by atoms with E-state index >= 15 is 0 Å². The van der Waals surface area contributed by atoms with E-state index in [0.29, 0.717) is 16.8 Å². The summed E-state index contributed by atoms with van der Waals surface area (Å²) >= 11 is 0. The van der Waals surface area contributed by atoms with E-state index < -0.39 is 36.1 Å². The van der Waals surface area contributed by atoms with Crippen molar-refractivity contribution in [2.45, 2.75) is 18.4 Å². The predicted octanol–water partition coefficient (Wildman–Crippen LogP) is 2.71. The van der Waals surface area contributed by atoms with Crippen LogP contribution >= 0.6 is 0 Å². The first kappa shape index (κ1) is 27.1. The van der Waals surface area contributed by atoms with Crippen LogP contribution in [-0.2, 0) is 4.79 Å². The molecule has 1 amide bonds. The maximum Gasteiger partial charge on any atom is 0.430 e. The SMILES string of the molecule is O=C(NC(c1cccc[nH+]1)C(F)(F)F)c1[nH]c(-c2ccc(F)cc2)c2cccc[n+]12.O=C([O-])C(F)(F)F. The minimum atomic E-state index is -5.19. The van der Waals surface area contributed by atoms with Crippen LogP contribution in [0, 0.1) is 5.82 Å². The molecule has 194 valence electrons. The molecule has 3 N–H and O–H groups in total. The molecule has 7 nitrogen and oxygen atoms in total. The first-order valence-electron chi connectivity index (χ1n) is 10.2. The van der Waals surface area contributed by atoms with Crippen molar-refractivity contribution in [2.24, 2.45) is 0 Å². The number of pyridine rings is 2. The van der Waals surface area contributed by atoms with Crippen molar-refractivity contribution in [1.82, 2.24) is 10.3 Å². The minimum absolute atomic E-state index is 0.0879. The quantitative estimate of drug-likeness (QED) is 0.314. The molecule has 0 fully saturated rings. The maximum atomic E-state index is 13.6. The number of H-pyrrole nitrogens is 2. The van der Waals surface area contributed by atoms with Crippen molar-refractivity contribution >= 4 is 17.4 Å². The van der Waals surface area contributed by atoms with E-state index in [1.165, 1.54) is 47.0 Å². The highest BCUT2D eigenvalue weighted by Crippen LogP contribution is 2.31. The summed E-state index contributed by atoms with van der Waals surface area (Å²) in [6, 6.07) is 12.7. The van der Waals surface area contributed by atoms with Gasteiger partial charge in [-0.25, -0.2) is 14.4 Å². The Hall–Kier alpha value is -4.49. The first-order chi connectivity index (χ1) is 17.3. The number of hydrogen-bond acceptors (Lipinski definition) is 3. The van der Waals surface area contributed by atoms with Crippen LogP contribution in [0.4, 0.5) is 30.7 Å². The number of rotatable bonds is 4. The number of aromatic amines is 2. The number of halogens is 7. The first-order valence-corrected chi connectivity index (χ1v) is 10.2. The lowest BCUT2D eigenvalue weighted by Crippen LogP contribution is -2.44. The summed E-state index contributed by atoms with van der Waals surface area (Å²) in [7, 11) is 0. The zero-order chi connectivity index (χ0) is 27.4. The van der Waals surface area contributed by atoms with Crippen LogP contribution in [0.2, 0.25) is 0 Å². The number of carbonyl (C=O) groups excluding carboxylic acids is 2. The molecule has 4 aromatic rings. The number of aromatic nitrogens is 3. The summed E-state index contributed by atoms with van der Waals surface area (Å²) in [4.78, 5) is 27.0. The molecule has 0 bridgehead atoms. The number of carbonyl (C=O) groups is 2. The van der Waals surface area contributed by atoms with Crippen molar-refractivity contribution < 1.29 is 54.8 Å². The molecular weight excluding hydrogens is 513 g/mol. The van der Waals surface area contributed by atoms with Gasteiger partial charge in [-0.1, -0.05) is 12.1 Å². The van der Waals surface area contributed by atoms with Crippen molar-refractivity contribution in [2.75, 3.05) is 0 Å². The van der Waals surface area contributed by atoms with E-state index in [-0.39, 0.29) is 11.5 Å². The van der Waals surface area contributed by atoms with Crippen LogP contribution < -0.4 is 19.8 Å². The number of aliphatic carboxylic acids is 1. The number of amides is 1. The number of alkyl halides is 6. The number of carboxylic acid groups (broad SMARTS) is 1. The van der Waals surface area contributed by atoms with E-state index in [2.05, 4.69) is 9.97 Å². The van der Waals surface area contributed by atoms with Gasteiger partial charge >= 0.3 is 24.1 Å². The second-order valence-electron chi connectivity index (χ2n) is 7.36. The zero-order valence-electron chi connectivity index (χ0n) is 18.3. The van der Waals surface area contributed by atoms with Crippen LogP contribution in [0.5, 0.6) is 0 Å². The molecule has 3 aromatic heterocycles. The van der Waals surface area contributed by atoms with Gasteiger partial charge in [0.2, 0.25) is 11.7 Å². The van der Waals surface area contributed by atoms with Crippen molar-refractivity contribution in [1.29, 1.82) is 0 Å². The second kappa shape index (κ2) is 10.6. The Morgan fingerprint density at radius 2 is 1.57 bits per heavy atom. The fourth-order valence-corrected chi connectivity index (χ4v) is 3.21. The molecule has 0 aliphatic carbocycles. The molecule has 3 heterocycles. The summed E-state index contributed by atoms with van der Waals surface area (Å²) in [6.45, 7) is 0. The molecular formula is C23H16F7N4O3+. The third-order valence-corrected chi connectivity index (χ3v) is 4.83. The number of benzene rings is 1. The lowest BCUT2D eigenvalue weighted by Gasteiger charge is -2.17. The smallest absolute Gasteiger partial charge is 0.430 e. The third-order valence-electron chi connectivity index (χ3n) is 4.83. The van der Waals surface area contributed by atoms with Gasteiger partial charge in [-0.05, 0) is 36.4 Å². The zero-order valence-corrected chi connectivity index (χ0v) is 18.3. The van der Waals surface area contributed by atoms with Gasteiger partial charge in [0.1, 0.15) is 11.8 Å². The molecule has 14 heteroatoms. The van der Waals surface area contributed by atoms with Gasteiger partial charge in [0, 0.05) is 17.7 Å². The molecule has 0 aliphatic heterocycles. The Labute approximate surface area is 203 Å². The highest BCUT2D eigenvalue weighted by molar-refractivity contribution is 5.91. The average molecular weight is 529 g/mol. The van der Waals surface area contributed by atoms with E-state index in [0.717, 1.165) is 0 Å². The summed E-state index contributed by atoms with van der Waals surface area (Å²) in [6.07, 6.45) is -6.99. The van der Waals surface area contributed by atoms with Crippen LogP contribution in [0.3, 0.4) is 0 Å². The molecule has 4 rings (SSSR count). The molecule has 1 aromatic carbocycles. The molecule has 0 spiro atoms. The highest BCUT2D eigenvalue weighted by atomic mass is 19.4. The summed E-state index contributed by atoms with van der Waals surface area (Å²) in [5, 5.41) is 10.8. The molecule has 1 atom stereocenters. The summed E-state index contributed by atoms with van der Waals surface area (Å²) in [5.41, 5.74) is 1.43. The van der Waals surface area contributed by atoms with Gasteiger partial charge in [0.15, 0.2) is 17.4 Å². The lowest BCUT2D eigenvalue weighted by atomic mass is 10.1. The third kappa shape index (κ3) is 6.59. The molecule has 0 saturated heterocycles. The van der Waals surface area contributed by atoms with Crippen LogP contribution in [0.15, 0.2) is 73.1 Å². The standard InChI is InChI=1S/C21H14F4N4O.C2HF3O2/c22-14-9-7-13(8-10-14)17-16-6-2-4-12-29(16)19(27-17)20(30)28-18(21(23,24)25)15-5-1-3-11-26-15;3-2(4,5)1(6)7/h1-12,18H,(H,28,30);(H,6,7)/p+1. The van der Waals surface area contributed by atoms with Crippen LogP contribution in [0.1, 0.15) is 22.4 Å². The lowest BCUT2D eigenvalue weighted by molar-refractivity contribution is -0.514. The topological polar surface area (TPSA) is 103 Å². The Kier molecular flexibility index (Phi) is 7.79. The highest BCUT2D eigenvalue weighted by Gasteiger charge is 2.46. The maximum absolute atomic E-state index is 13.6. The van der Waals surface area contributed by atoms with E-state index in [9.17, 15) is 35.5 Å². The van der Waals surface area contributed by atoms with Crippen molar-refractivity contribution in [3.8, 4) is 11.3 Å². The van der Waals surface area contributed by atoms with E-state index in [1.54, 1.807) is 30.5 Å². The summed E-state index contributed by atoms with van der Waals surface area (Å²) in [5.74, 6) is -4.46. The van der Waals surface area contributed by atoms with Gasteiger partial charge in [-0.2, -0.15) is 30.7 Å². The number of nitrogens with zero attached hydrogens (tertiary/aromatic N) is 1. The normalized spacial score (nSPS) is 12.4. The van der Waals surface area contributed by atoms with Crippen molar-refractivity contribution in [3.05, 3.63) is 90.4 Å². The van der Waals surface area contributed by atoms with Crippen molar-refractivity contribution in [3.63, 3.8) is 0 Å². The van der Waals surface area contributed by atoms with Gasteiger partial charge in [-0.15, -0.1) is 0 Å². The second-order valence-corrected chi connectivity index (χ2v) is 7.36. The molecule has 1 unspecified atom stereocenters. The molecule has 37 heavy (non-hydrogen) atoms. The van der Waals surface area contributed by atoms with Crippen LogP contribution in [0.25, 0.3) is 16.8 Å². The molecule has 0 radical (unpaired) electrons. The average Bonchev–Trinajstić information content (AvgIpc) is 3.22. The minimum Gasteiger partial charge on any atom is -0.542 e. The van der Waals surface area contributed by atoms with Crippen LogP contribution in [-0.4, -0.2) is 29.2 Å². The number of imidazole rings is 1. The fraction of sp³-hybridized carbons (Fsp3) is 0.130. The van der Waals surface area contributed by atoms with Gasteiger partial charge in [0.05, 0.1) is 6.20 Å². The largest absolute Gasteiger partial charge is 0.542 e. The Morgan fingerprint density at radius 1 is 0.946 bits per heavy atom. The molecule has 0 aliphatic rings. The van der Waals surface area contributed by atoms with Gasteiger partial charge in [0.25, 0.3) is 0 Å². The van der Waals surface area contributed by atoms with E-state index in [4.69, 9.17) is 9.90 Å². The Morgan fingerprint density at radius 3 is 2.11 bits per heavy atom.